The first kappa shape index (κ1) is 24.9. The number of nitrogens with two attached hydrogens (primary N) is 2. The lowest BCUT2D eigenvalue weighted by Crippen LogP contribution is -2.46. The number of carbonyl (C=O) groups is 2. The Labute approximate surface area is 234 Å². The lowest BCUT2D eigenvalue weighted by atomic mass is 9.85. The lowest BCUT2D eigenvalue weighted by Gasteiger charge is -2.38. The Morgan fingerprint density at radius 2 is 1.71 bits per heavy atom. The third-order valence-electron chi connectivity index (χ3n) is 8.27. The van der Waals surface area contributed by atoms with E-state index in [1.165, 1.54) is 11.4 Å². The summed E-state index contributed by atoms with van der Waals surface area (Å²) in [4.78, 5) is 41.8. The second kappa shape index (κ2) is 9.51. The largest absolute Gasteiger partial charge is 0.383 e. The average Bonchev–Trinajstić information content (AvgIpc) is 3.68. The molecule has 12 nitrogen and oxygen atoms in total. The molecule has 41 heavy (non-hydrogen) atoms. The molecule has 1 aromatic carbocycles. The zero-order valence-corrected chi connectivity index (χ0v) is 22.4. The fraction of sp³-hybridized carbons (Fsp3) is 0.276. The topological polar surface area (TPSA) is 174 Å². The molecule has 2 aliphatic heterocycles. The number of aromatic amines is 1. The summed E-state index contributed by atoms with van der Waals surface area (Å²) in [6.07, 6.45) is 6.55. The van der Waals surface area contributed by atoms with Crippen molar-refractivity contribution in [3.8, 4) is 22.4 Å². The highest BCUT2D eigenvalue weighted by Crippen LogP contribution is 2.45. The van der Waals surface area contributed by atoms with Gasteiger partial charge >= 0.3 is 0 Å². The SMILES string of the molecule is CC(=O)c1c(C2C[C@H]3CC[C@@H](C2)N3C(=O)c2nc(N)n[nH]2)nc2c(-c3ccc(-c4ccccc4)nc3)cnn2c1N. The van der Waals surface area contributed by atoms with Crippen molar-refractivity contribution in [2.24, 2.45) is 0 Å². The van der Waals surface area contributed by atoms with Crippen LogP contribution >= 0.6 is 0 Å². The van der Waals surface area contributed by atoms with Crippen molar-refractivity contribution in [2.45, 2.75) is 50.6 Å². The summed E-state index contributed by atoms with van der Waals surface area (Å²) in [5.74, 6) is 0.0164. The van der Waals surface area contributed by atoms with E-state index in [4.69, 9.17) is 16.5 Å². The van der Waals surface area contributed by atoms with Crippen molar-refractivity contribution in [1.29, 1.82) is 0 Å². The highest BCUT2D eigenvalue weighted by molar-refractivity contribution is 6.00. The number of Topliss-reactive ketones (excluding diaryl/α,β-unsaturated/α-hetero) is 1. The number of ketones is 1. The summed E-state index contributed by atoms with van der Waals surface area (Å²) in [7, 11) is 0. The zero-order valence-electron chi connectivity index (χ0n) is 22.4. The summed E-state index contributed by atoms with van der Waals surface area (Å²) in [5.41, 5.74) is 17.3. The van der Waals surface area contributed by atoms with E-state index in [1.807, 2.05) is 47.4 Å². The Morgan fingerprint density at radius 1 is 0.951 bits per heavy atom. The number of fused-ring (bicyclic) bond motifs is 3. The van der Waals surface area contributed by atoms with Crippen LogP contribution < -0.4 is 11.5 Å². The number of anilines is 2. The molecule has 0 saturated carbocycles. The van der Waals surface area contributed by atoms with E-state index in [0.29, 0.717) is 29.7 Å². The Hall–Kier alpha value is -5.13. The molecule has 3 atom stereocenters. The summed E-state index contributed by atoms with van der Waals surface area (Å²) in [6, 6.07) is 13.9. The van der Waals surface area contributed by atoms with Crippen LogP contribution in [-0.4, -0.2) is 63.4 Å². The molecule has 2 bridgehead atoms. The lowest BCUT2D eigenvalue weighted by molar-refractivity contribution is 0.0556. The molecule has 12 heteroatoms. The Morgan fingerprint density at radius 3 is 2.34 bits per heavy atom. The summed E-state index contributed by atoms with van der Waals surface area (Å²) in [5, 5.41) is 10.9. The molecule has 7 rings (SSSR count). The maximum absolute atomic E-state index is 13.2. The van der Waals surface area contributed by atoms with Gasteiger partial charge in [0.1, 0.15) is 5.82 Å². The smallest absolute Gasteiger partial charge is 0.291 e. The van der Waals surface area contributed by atoms with Crippen molar-refractivity contribution in [1.82, 2.24) is 39.7 Å². The van der Waals surface area contributed by atoms with Crippen molar-refractivity contribution in [2.75, 3.05) is 11.5 Å². The molecule has 2 fully saturated rings. The van der Waals surface area contributed by atoms with Gasteiger partial charge < -0.3 is 16.4 Å². The zero-order chi connectivity index (χ0) is 28.2. The van der Waals surface area contributed by atoms with Gasteiger partial charge in [0, 0.05) is 40.9 Å². The molecule has 4 aromatic heterocycles. The van der Waals surface area contributed by atoms with Crippen LogP contribution in [0.25, 0.3) is 28.0 Å². The number of rotatable bonds is 5. The monoisotopic (exact) mass is 548 g/mol. The third-order valence-corrected chi connectivity index (χ3v) is 8.27. The molecule has 2 aliphatic rings. The van der Waals surface area contributed by atoms with Crippen LogP contribution in [0, 0.1) is 0 Å². The molecule has 5 aromatic rings. The first-order chi connectivity index (χ1) is 19.9. The van der Waals surface area contributed by atoms with Crippen LogP contribution in [0.2, 0.25) is 0 Å². The first-order valence-corrected chi connectivity index (χ1v) is 13.6. The van der Waals surface area contributed by atoms with E-state index in [1.54, 1.807) is 12.4 Å². The van der Waals surface area contributed by atoms with E-state index >= 15 is 0 Å². The number of nitrogens with zero attached hydrogens (tertiary/aromatic N) is 7. The van der Waals surface area contributed by atoms with Crippen LogP contribution in [-0.2, 0) is 0 Å². The van der Waals surface area contributed by atoms with Gasteiger partial charge in [0.2, 0.25) is 11.8 Å². The van der Waals surface area contributed by atoms with Gasteiger partial charge in [0.05, 0.1) is 23.1 Å². The molecule has 206 valence electrons. The number of piperidine rings is 1. The summed E-state index contributed by atoms with van der Waals surface area (Å²) in [6.45, 7) is 1.50. The second-order valence-electron chi connectivity index (χ2n) is 10.7. The number of aromatic nitrogens is 7. The Bertz CT molecular complexity index is 1780. The number of hydrogen-bond donors (Lipinski definition) is 3. The number of carbonyl (C=O) groups excluding carboxylic acids is 2. The van der Waals surface area contributed by atoms with Crippen molar-refractivity contribution < 1.29 is 9.59 Å². The molecule has 6 heterocycles. The highest BCUT2D eigenvalue weighted by atomic mass is 16.2. The average molecular weight is 549 g/mol. The van der Waals surface area contributed by atoms with Crippen LogP contribution in [0.1, 0.15) is 65.2 Å². The standard InChI is InChI=1S/C29H28N10O2/c1-15(40)23-24(18-11-19-8-9-20(12-18)38(19)28(41)26-35-29(31)37-36-26)34-27-21(14-33-39(27)25(23)30)17-7-10-22(32-13-17)16-5-3-2-4-6-16/h2-7,10,13-14,18-20H,8-9,11-12,30H2,1H3,(H3,31,35,36,37)/t18?,19-,20+. The van der Waals surface area contributed by atoms with Gasteiger partial charge in [-0.3, -0.25) is 19.7 Å². The predicted molar refractivity (Wildman–Crippen MR) is 152 cm³/mol. The van der Waals surface area contributed by atoms with Gasteiger partial charge in [-0.2, -0.15) is 14.6 Å². The fourth-order valence-electron chi connectivity index (χ4n) is 6.45. The summed E-state index contributed by atoms with van der Waals surface area (Å²) >= 11 is 0. The number of hydrogen-bond acceptors (Lipinski definition) is 9. The minimum atomic E-state index is -0.209. The second-order valence-corrected chi connectivity index (χ2v) is 10.7. The summed E-state index contributed by atoms with van der Waals surface area (Å²) < 4.78 is 1.53. The number of nitrogen functional groups attached to an aromatic ring is 2. The number of nitrogens with one attached hydrogen (secondary N) is 1. The third kappa shape index (κ3) is 4.10. The van der Waals surface area contributed by atoms with E-state index in [-0.39, 0.29) is 47.3 Å². The predicted octanol–water partition coefficient (Wildman–Crippen LogP) is 3.49. The first-order valence-electron chi connectivity index (χ1n) is 13.6. The van der Waals surface area contributed by atoms with Gasteiger partial charge in [-0.25, -0.2) is 4.98 Å². The Kier molecular flexibility index (Phi) is 5.77. The Balaban J connectivity index is 1.25. The van der Waals surface area contributed by atoms with E-state index in [9.17, 15) is 9.59 Å². The van der Waals surface area contributed by atoms with Crippen LogP contribution in [0.15, 0.2) is 54.9 Å². The van der Waals surface area contributed by atoms with Crippen LogP contribution in [0.3, 0.4) is 0 Å². The van der Waals surface area contributed by atoms with E-state index in [0.717, 1.165) is 35.2 Å². The fourth-order valence-corrected chi connectivity index (χ4v) is 6.45. The number of pyridine rings is 1. The van der Waals surface area contributed by atoms with Crippen LogP contribution in [0.5, 0.6) is 0 Å². The molecular formula is C29H28N10O2. The molecule has 5 N–H and O–H groups in total. The molecule has 0 spiro atoms. The number of amides is 1. The quantitative estimate of drug-likeness (QED) is 0.278. The highest BCUT2D eigenvalue weighted by Gasteiger charge is 2.46. The van der Waals surface area contributed by atoms with Crippen molar-refractivity contribution in [3.05, 3.63) is 71.9 Å². The molecule has 1 unspecified atom stereocenters. The van der Waals surface area contributed by atoms with Gasteiger partial charge in [-0.1, -0.05) is 36.4 Å². The van der Waals surface area contributed by atoms with Crippen molar-refractivity contribution in [3.63, 3.8) is 0 Å². The van der Waals surface area contributed by atoms with Gasteiger partial charge in [0.25, 0.3) is 5.91 Å². The van der Waals surface area contributed by atoms with E-state index < -0.39 is 0 Å². The minimum absolute atomic E-state index is 0.0178. The number of H-pyrrole nitrogens is 1. The normalized spacial score (nSPS) is 20.0. The molecule has 2 saturated heterocycles. The molecule has 0 radical (unpaired) electrons. The maximum Gasteiger partial charge on any atom is 0.291 e. The van der Waals surface area contributed by atoms with Gasteiger partial charge in [0.15, 0.2) is 11.4 Å². The number of benzene rings is 1. The van der Waals surface area contributed by atoms with E-state index in [2.05, 4.69) is 25.3 Å². The van der Waals surface area contributed by atoms with Gasteiger partial charge in [-0.05, 0) is 38.7 Å². The van der Waals surface area contributed by atoms with Crippen LogP contribution in [0.4, 0.5) is 11.8 Å². The maximum atomic E-state index is 13.2. The minimum Gasteiger partial charge on any atom is -0.383 e. The molecule has 0 aliphatic carbocycles. The van der Waals surface area contributed by atoms with Crippen molar-refractivity contribution >= 4 is 29.1 Å². The molecule has 1 amide bonds. The molecular weight excluding hydrogens is 520 g/mol. The van der Waals surface area contributed by atoms with Gasteiger partial charge in [-0.15, -0.1) is 5.10 Å².